The predicted octanol–water partition coefficient (Wildman–Crippen LogP) is 4.83. The summed E-state index contributed by atoms with van der Waals surface area (Å²) in [6.45, 7) is 3.88. The largest absolute Gasteiger partial charge is 0.313 e. The number of halogens is 2. The third-order valence-electron chi connectivity index (χ3n) is 2.47. The van der Waals surface area contributed by atoms with E-state index in [1.54, 1.807) is 11.3 Å². The molecule has 90 valence electrons. The van der Waals surface area contributed by atoms with Gasteiger partial charge in [-0.05, 0) is 29.6 Å². The molecule has 0 amide bonds. The van der Waals surface area contributed by atoms with E-state index in [-0.39, 0.29) is 0 Å². The molecule has 1 N–H and O–H groups in total. The van der Waals surface area contributed by atoms with Crippen LogP contribution in [0.3, 0.4) is 0 Å². The molecule has 4 heteroatoms. The lowest BCUT2D eigenvalue weighted by atomic mass is 10.1. The molecule has 0 aliphatic heterocycles. The van der Waals surface area contributed by atoms with Gasteiger partial charge in [0.1, 0.15) is 0 Å². The topological polar surface area (TPSA) is 12.0 Å². The molecule has 0 aliphatic carbocycles. The van der Waals surface area contributed by atoms with Crippen molar-refractivity contribution in [2.24, 2.45) is 0 Å². The van der Waals surface area contributed by atoms with Gasteiger partial charge >= 0.3 is 0 Å². The van der Waals surface area contributed by atoms with Crippen molar-refractivity contribution >= 4 is 34.5 Å². The molecule has 1 nitrogen and oxygen atoms in total. The Bertz CT molecular complexity index is 508. The molecule has 2 rings (SSSR count). The molecule has 0 bridgehead atoms. The first-order valence-corrected chi connectivity index (χ1v) is 7.08. The number of hydrogen-bond acceptors (Lipinski definition) is 2. The Morgan fingerprint density at radius 2 is 2.00 bits per heavy atom. The van der Waals surface area contributed by atoms with E-state index in [0.717, 1.165) is 33.6 Å². The van der Waals surface area contributed by atoms with Crippen LogP contribution >= 0.6 is 34.5 Å². The highest BCUT2D eigenvalue weighted by Crippen LogP contribution is 2.37. The average molecular weight is 286 g/mol. The summed E-state index contributed by atoms with van der Waals surface area (Å²) in [6, 6.07) is 8.01. The van der Waals surface area contributed by atoms with Gasteiger partial charge in [0.25, 0.3) is 0 Å². The van der Waals surface area contributed by atoms with Crippen molar-refractivity contribution in [2.75, 3.05) is 6.54 Å². The van der Waals surface area contributed by atoms with Crippen LogP contribution in [-0.4, -0.2) is 6.54 Å². The highest BCUT2D eigenvalue weighted by Gasteiger charge is 2.09. The standard InChI is InChI=1S/C13H13Cl2NS/c1-2-16-8-9-3-4-10(12(15)7-9)13-11(14)5-6-17-13/h3-7,16H,2,8H2,1H3. The molecule has 1 aromatic heterocycles. The smallest absolute Gasteiger partial charge is 0.0592 e. The van der Waals surface area contributed by atoms with Gasteiger partial charge in [0.2, 0.25) is 0 Å². The molecular formula is C13H13Cl2NS. The number of rotatable bonds is 4. The fourth-order valence-corrected chi connectivity index (χ4v) is 3.16. The maximum absolute atomic E-state index is 6.29. The van der Waals surface area contributed by atoms with E-state index in [4.69, 9.17) is 23.2 Å². The van der Waals surface area contributed by atoms with Crippen molar-refractivity contribution < 1.29 is 0 Å². The molecular weight excluding hydrogens is 273 g/mol. The molecule has 0 unspecified atom stereocenters. The Balaban J connectivity index is 2.29. The van der Waals surface area contributed by atoms with Crippen LogP contribution in [0.25, 0.3) is 10.4 Å². The van der Waals surface area contributed by atoms with Crippen molar-refractivity contribution in [3.63, 3.8) is 0 Å². The second kappa shape index (κ2) is 5.87. The zero-order valence-corrected chi connectivity index (χ0v) is 11.8. The lowest BCUT2D eigenvalue weighted by Gasteiger charge is -2.07. The zero-order chi connectivity index (χ0) is 12.3. The molecule has 1 aromatic carbocycles. The minimum atomic E-state index is 0.754. The highest BCUT2D eigenvalue weighted by atomic mass is 35.5. The van der Waals surface area contributed by atoms with Gasteiger partial charge in [-0.1, -0.05) is 42.3 Å². The van der Waals surface area contributed by atoms with E-state index in [9.17, 15) is 0 Å². The zero-order valence-electron chi connectivity index (χ0n) is 9.47. The number of benzene rings is 1. The summed E-state index contributed by atoms with van der Waals surface area (Å²) in [4.78, 5) is 1.03. The van der Waals surface area contributed by atoms with E-state index in [1.807, 2.05) is 23.6 Å². The quantitative estimate of drug-likeness (QED) is 0.848. The molecule has 0 spiro atoms. The Morgan fingerprint density at radius 3 is 2.59 bits per heavy atom. The van der Waals surface area contributed by atoms with E-state index >= 15 is 0 Å². The monoisotopic (exact) mass is 285 g/mol. The second-order valence-electron chi connectivity index (χ2n) is 3.69. The van der Waals surface area contributed by atoms with Crippen molar-refractivity contribution in [1.82, 2.24) is 5.32 Å². The van der Waals surface area contributed by atoms with E-state index < -0.39 is 0 Å². The van der Waals surface area contributed by atoms with Crippen molar-refractivity contribution in [3.8, 4) is 10.4 Å². The van der Waals surface area contributed by atoms with Crippen LogP contribution < -0.4 is 5.32 Å². The van der Waals surface area contributed by atoms with Crippen LogP contribution in [-0.2, 0) is 6.54 Å². The number of nitrogens with one attached hydrogen (secondary N) is 1. The van der Waals surface area contributed by atoms with Crippen molar-refractivity contribution in [1.29, 1.82) is 0 Å². The Hall–Kier alpha value is -0.540. The summed E-state index contributed by atoms with van der Waals surface area (Å²) in [5.74, 6) is 0. The molecule has 0 radical (unpaired) electrons. The van der Waals surface area contributed by atoms with Gasteiger partial charge in [0, 0.05) is 17.1 Å². The first kappa shape index (κ1) is 12.9. The summed E-state index contributed by atoms with van der Waals surface area (Å²) in [7, 11) is 0. The van der Waals surface area contributed by atoms with Gasteiger partial charge in [-0.3, -0.25) is 0 Å². The molecule has 0 saturated heterocycles. The maximum Gasteiger partial charge on any atom is 0.0592 e. The van der Waals surface area contributed by atoms with Crippen molar-refractivity contribution in [2.45, 2.75) is 13.5 Å². The Morgan fingerprint density at radius 1 is 1.18 bits per heavy atom. The third-order valence-corrected chi connectivity index (χ3v) is 4.16. The first-order chi connectivity index (χ1) is 8.22. The predicted molar refractivity (Wildman–Crippen MR) is 77.2 cm³/mol. The van der Waals surface area contributed by atoms with Crippen LogP contribution in [0, 0.1) is 0 Å². The van der Waals surface area contributed by atoms with Gasteiger partial charge < -0.3 is 5.32 Å². The lowest BCUT2D eigenvalue weighted by Crippen LogP contribution is -2.11. The van der Waals surface area contributed by atoms with Crippen LogP contribution in [0.5, 0.6) is 0 Å². The van der Waals surface area contributed by atoms with E-state index in [1.165, 1.54) is 5.56 Å². The first-order valence-electron chi connectivity index (χ1n) is 5.45. The lowest BCUT2D eigenvalue weighted by molar-refractivity contribution is 0.727. The molecule has 0 aliphatic rings. The second-order valence-corrected chi connectivity index (χ2v) is 5.42. The average Bonchev–Trinajstić information content (AvgIpc) is 2.73. The number of thiophene rings is 1. The fourth-order valence-electron chi connectivity index (χ4n) is 1.61. The summed E-state index contributed by atoms with van der Waals surface area (Å²) < 4.78 is 0. The van der Waals surface area contributed by atoms with Gasteiger partial charge in [-0.15, -0.1) is 11.3 Å². The molecule has 2 aromatic rings. The van der Waals surface area contributed by atoms with Crippen LogP contribution in [0.1, 0.15) is 12.5 Å². The van der Waals surface area contributed by atoms with Gasteiger partial charge in [0.15, 0.2) is 0 Å². The fraction of sp³-hybridized carbons (Fsp3) is 0.231. The van der Waals surface area contributed by atoms with Crippen LogP contribution in [0.4, 0.5) is 0 Å². The van der Waals surface area contributed by atoms with E-state index in [2.05, 4.69) is 18.3 Å². The minimum absolute atomic E-state index is 0.754. The van der Waals surface area contributed by atoms with Crippen LogP contribution in [0.15, 0.2) is 29.6 Å². The van der Waals surface area contributed by atoms with Gasteiger partial charge in [-0.2, -0.15) is 0 Å². The molecule has 0 atom stereocenters. The molecule has 1 heterocycles. The summed E-state index contributed by atoms with van der Waals surface area (Å²) >= 11 is 14.0. The summed E-state index contributed by atoms with van der Waals surface area (Å²) in [6.07, 6.45) is 0. The summed E-state index contributed by atoms with van der Waals surface area (Å²) in [5, 5.41) is 6.76. The SMILES string of the molecule is CCNCc1ccc(-c2sccc2Cl)c(Cl)c1. The summed E-state index contributed by atoms with van der Waals surface area (Å²) in [5.41, 5.74) is 2.19. The van der Waals surface area contributed by atoms with Crippen molar-refractivity contribution in [3.05, 3.63) is 45.3 Å². The molecule has 0 fully saturated rings. The number of hydrogen-bond donors (Lipinski definition) is 1. The molecule has 17 heavy (non-hydrogen) atoms. The van der Waals surface area contributed by atoms with E-state index in [0.29, 0.717) is 0 Å². The minimum Gasteiger partial charge on any atom is -0.313 e. The van der Waals surface area contributed by atoms with Crippen LogP contribution in [0.2, 0.25) is 10.0 Å². The van der Waals surface area contributed by atoms with Gasteiger partial charge in [0.05, 0.1) is 9.90 Å². The van der Waals surface area contributed by atoms with Gasteiger partial charge in [-0.25, -0.2) is 0 Å². The normalized spacial score (nSPS) is 10.8. The Labute approximate surface area is 115 Å². The Kier molecular flexibility index (Phi) is 4.46. The molecule has 0 saturated carbocycles. The maximum atomic E-state index is 6.29. The highest BCUT2D eigenvalue weighted by molar-refractivity contribution is 7.14. The third kappa shape index (κ3) is 3.02.